The molecule has 3 aromatic carbocycles. The van der Waals surface area contributed by atoms with Crippen LogP contribution in [-0.4, -0.2) is 24.1 Å². The summed E-state index contributed by atoms with van der Waals surface area (Å²) in [6.07, 6.45) is 0. The second kappa shape index (κ2) is 10.5. The van der Waals surface area contributed by atoms with Crippen LogP contribution < -0.4 is 20.9 Å². The van der Waals surface area contributed by atoms with Gasteiger partial charge in [-0.1, -0.05) is 60.2 Å². The quantitative estimate of drug-likeness (QED) is 0.403. The monoisotopic (exact) mass is 470 g/mol. The standard InChI is InChI=1S/C28H30N4OS/c1-4-32(5-2)23-17-15-21(16-18-23)26-24(27(33)29-22-9-7-6-8-10-22)25(30-28(34)31-26)20-13-11-19(3)12-14-20/h6-18,26H,4-5H2,1-3H3,(H,29,33)(H2,30,31,34). The number of amides is 1. The number of para-hydroxylation sites is 1. The van der Waals surface area contributed by atoms with E-state index in [4.69, 9.17) is 12.2 Å². The lowest BCUT2D eigenvalue weighted by atomic mass is 9.91. The zero-order chi connectivity index (χ0) is 24.1. The highest BCUT2D eigenvalue weighted by molar-refractivity contribution is 7.80. The lowest BCUT2D eigenvalue weighted by molar-refractivity contribution is -0.113. The van der Waals surface area contributed by atoms with Gasteiger partial charge < -0.3 is 20.9 Å². The molecule has 1 atom stereocenters. The molecule has 3 aromatic rings. The molecule has 6 heteroatoms. The van der Waals surface area contributed by atoms with Crippen molar-refractivity contribution in [2.24, 2.45) is 0 Å². The highest BCUT2D eigenvalue weighted by Crippen LogP contribution is 2.33. The first kappa shape index (κ1) is 23.5. The Morgan fingerprint density at radius 3 is 2.21 bits per heavy atom. The van der Waals surface area contributed by atoms with Gasteiger partial charge in [0.05, 0.1) is 17.3 Å². The fourth-order valence-electron chi connectivity index (χ4n) is 4.19. The van der Waals surface area contributed by atoms with Gasteiger partial charge >= 0.3 is 0 Å². The molecule has 174 valence electrons. The predicted octanol–water partition coefficient (Wildman–Crippen LogP) is 5.41. The van der Waals surface area contributed by atoms with E-state index in [1.165, 1.54) is 0 Å². The predicted molar refractivity (Wildman–Crippen MR) is 145 cm³/mol. The van der Waals surface area contributed by atoms with E-state index < -0.39 is 0 Å². The Balaban J connectivity index is 1.79. The van der Waals surface area contributed by atoms with E-state index in [1.807, 2.05) is 61.5 Å². The SMILES string of the molecule is CCN(CC)c1ccc(C2NC(=S)NC(c3ccc(C)cc3)=C2C(=O)Nc2ccccc2)cc1. The highest BCUT2D eigenvalue weighted by Gasteiger charge is 2.32. The van der Waals surface area contributed by atoms with Crippen molar-refractivity contribution in [2.75, 3.05) is 23.3 Å². The van der Waals surface area contributed by atoms with Crippen molar-refractivity contribution in [2.45, 2.75) is 26.8 Å². The third-order valence-corrected chi connectivity index (χ3v) is 6.26. The maximum absolute atomic E-state index is 13.7. The average Bonchev–Trinajstić information content (AvgIpc) is 2.86. The molecule has 0 saturated heterocycles. The summed E-state index contributed by atoms with van der Waals surface area (Å²) >= 11 is 5.56. The number of thiocarbonyl (C=S) groups is 1. The molecule has 3 N–H and O–H groups in total. The molecule has 1 aliphatic rings. The molecular weight excluding hydrogens is 440 g/mol. The van der Waals surface area contributed by atoms with Crippen LogP contribution in [0.1, 0.15) is 36.6 Å². The minimum Gasteiger partial charge on any atom is -0.372 e. The number of carbonyl (C=O) groups is 1. The molecule has 4 rings (SSSR count). The molecule has 1 aliphatic heterocycles. The number of hydrogen-bond donors (Lipinski definition) is 3. The Labute approximate surface area is 206 Å². The zero-order valence-corrected chi connectivity index (χ0v) is 20.6. The number of hydrogen-bond acceptors (Lipinski definition) is 3. The summed E-state index contributed by atoms with van der Waals surface area (Å²) in [6.45, 7) is 8.21. The van der Waals surface area contributed by atoms with Crippen LogP contribution in [0.4, 0.5) is 11.4 Å². The second-order valence-corrected chi connectivity index (χ2v) is 8.68. The van der Waals surface area contributed by atoms with Crippen LogP contribution in [0.25, 0.3) is 5.70 Å². The fourth-order valence-corrected chi connectivity index (χ4v) is 4.41. The molecule has 0 radical (unpaired) electrons. The van der Waals surface area contributed by atoms with Gasteiger partial charge in [-0.2, -0.15) is 0 Å². The van der Waals surface area contributed by atoms with E-state index in [9.17, 15) is 4.79 Å². The highest BCUT2D eigenvalue weighted by atomic mass is 32.1. The molecule has 0 fully saturated rings. The number of nitrogens with one attached hydrogen (secondary N) is 3. The van der Waals surface area contributed by atoms with Crippen molar-refractivity contribution in [1.29, 1.82) is 0 Å². The number of aryl methyl sites for hydroxylation is 1. The van der Waals surface area contributed by atoms with Gasteiger partial charge in [-0.05, 0) is 68.4 Å². The van der Waals surface area contributed by atoms with Gasteiger partial charge in [0.1, 0.15) is 0 Å². The smallest absolute Gasteiger partial charge is 0.256 e. The van der Waals surface area contributed by atoms with Crippen LogP contribution in [0, 0.1) is 6.92 Å². The molecule has 5 nitrogen and oxygen atoms in total. The molecular formula is C28H30N4OS. The van der Waals surface area contributed by atoms with Crippen molar-refractivity contribution in [3.63, 3.8) is 0 Å². The Kier molecular flexibility index (Phi) is 7.28. The van der Waals surface area contributed by atoms with E-state index >= 15 is 0 Å². The summed E-state index contributed by atoms with van der Waals surface area (Å²) in [5.41, 5.74) is 6.25. The Bertz CT molecular complexity index is 1180. The molecule has 1 amide bonds. The summed E-state index contributed by atoms with van der Waals surface area (Å²) in [5.74, 6) is -0.179. The third kappa shape index (κ3) is 5.13. The topological polar surface area (TPSA) is 56.4 Å². The summed E-state index contributed by atoms with van der Waals surface area (Å²) < 4.78 is 0. The van der Waals surface area contributed by atoms with Gasteiger partial charge in [0, 0.05) is 24.5 Å². The Morgan fingerprint density at radius 1 is 0.941 bits per heavy atom. The summed E-state index contributed by atoms with van der Waals surface area (Å²) in [6, 6.07) is 25.6. The Morgan fingerprint density at radius 2 is 1.59 bits per heavy atom. The van der Waals surface area contributed by atoms with Gasteiger partial charge in [0.15, 0.2) is 5.11 Å². The molecule has 0 aromatic heterocycles. The molecule has 1 heterocycles. The number of nitrogens with zero attached hydrogens (tertiary/aromatic N) is 1. The minimum absolute atomic E-state index is 0.179. The molecule has 0 aliphatic carbocycles. The molecule has 34 heavy (non-hydrogen) atoms. The van der Waals surface area contributed by atoms with E-state index in [0.29, 0.717) is 10.7 Å². The second-order valence-electron chi connectivity index (χ2n) is 8.27. The minimum atomic E-state index is -0.389. The summed E-state index contributed by atoms with van der Waals surface area (Å²) in [5, 5.41) is 10.1. The number of carbonyl (C=O) groups excluding carboxylic acids is 1. The van der Waals surface area contributed by atoms with Gasteiger partial charge in [-0.15, -0.1) is 0 Å². The third-order valence-electron chi connectivity index (χ3n) is 6.04. The van der Waals surface area contributed by atoms with E-state index in [-0.39, 0.29) is 11.9 Å². The lowest BCUT2D eigenvalue weighted by Crippen LogP contribution is -2.45. The Hall–Kier alpha value is -3.64. The first-order valence-electron chi connectivity index (χ1n) is 11.6. The van der Waals surface area contributed by atoms with Crippen molar-refractivity contribution < 1.29 is 4.79 Å². The lowest BCUT2D eigenvalue weighted by Gasteiger charge is -2.32. The van der Waals surface area contributed by atoms with Gasteiger partial charge in [0.2, 0.25) is 0 Å². The average molecular weight is 471 g/mol. The normalized spacial score (nSPS) is 15.4. The summed E-state index contributed by atoms with van der Waals surface area (Å²) in [4.78, 5) is 16.0. The van der Waals surface area contributed by atoms with Crippen molar-refractivity contribution in [1.82, 2.24) is 10.6 Å². The van der Waals surface area contributed by atoms with Crippen molar-refractivity contribution in [3.05, 3.63) is 101 Å². The number of benzene rings is 3. The zero-order valence-electron chi connectivity index (χ0n) is 19.8. The molecule has 0 saturated carbocycles. The van der Waals surface area contributed by atoms with Crippen molar-refractivity contribution >= 4 is 40.3 Å². The van der Waals surface area contributed by atoms with E-state index in [0.717, 1.165) is 46.9 Å². The number of rotatable bonds is 7. The first-order valence-corrected chi connectivity index (χ1v) is 12.0. The fraction of sp³-hybridized carbons (Fsp3) is 0.214. The molecule has 0 spiro atoms. The van der Waals surface area contributed by atoms with Crippen LogP contribution in [0.5, 0.6) is 0 Å². The van der Waals surface area contributed by atoms with Gasteiger partial charge in [0.25, 0.3) is 5.91 Å². The first-order chi connectivity index (χ1) is 16.5. The van der Waals surface area contributed by atoms with Crippen LogP contribution in [-0.2, 0) is 4.79 Å². The molecule has 1 unspecified atom stereocenters. The van der Waals surface area contributed by atoms with Crippen LogP contribution in [0.2, 0.25) is 0 Å². The van der Waals surface area contributed by atoms with Crippen molar-refractivity contribution in [3.8, 4) is 0 Å². The van der Waals surface area contributed by atoms with Gasteiger partial charge in [-0.3, -0.25) is 4.79 Å². The van der Waals surface area contributed by atoms with Crippen LogP contribution in [0.15, 0.2) is 84.4 Å². The van der Waals surface area contributed by atoms with E-state index in [2.05, 4.69) is 59.0 Å². The van der Waals surface area contributed by atoms with Crippen LogP contribution in [0.3, 0.4) is 0 Å². The molecule has 0 bridgehead atoms. The largest absolute Gasteiger partial charge is 0.372 e. The maximum atomic E-state index is 13.7. The summed E-state index contributed by atoms with van der Waals surface area (Å²) in [7, 11) is 0. The maximum Gasteiger partial charge on any atom is 0.256 e. The van der Waals surface area contributed by atoms with E-state index in [1.54, 1.807) is 0 Å². The van der Waals surface area contributed by atoms with Gasteiger partial charge in [-0.25, -0.2) is 0 Å². The van der Waals surface area contributed by atoms with Crippen LogP contribution >= 0.6 is 12.2 Å². The number of anilines is 2.